The molecule has 1 aromatic carbocycles. The van der Waals surface area contributed by atoms with Crippen molar-refractivity contribution in [2.75, 3.05) is 5.73 Å². The summed E-state index contributed by atoms with van der Waals surface area (Å²) in [6, 6.07) is 7.09. The number of benzene rings is 1. The molecule has 3 heterocycles. The van der Waals surface area contributed by atoms with Crippen molar-refractivity contribution >= 4 is 42.6 Å². The number of carbonyl (C=O) groups excluding carboxylic acids is 3. The van der Waals surface area contributed by atoms with Crippen LogP contribution in [0.5, 0.6) is 5.75 Å². The van der Waals surface area contributed by atoms with E-state index < -0.39 is 68.4 Å². The third-order valence-electron chi connectivity index (χ3n) is 6.79. The number of imidazole rings is 1. The zero-order chi connectivity index (χ0) is 33.6. The Labute approximate surface area is 265 Å². The van der Waals surface area contributed by atoms with Gasteiger partial charge in [-0.05, 0) is 39.8 Å². The Balaban J connectivity index is 1.72. The second-order valence-corrected chi connectivity index (χ2v) is 12.4. The maximum absolute atomic E-state index is 14.3. The van der Waals surface area contributed by atoms with Crippen LogP contribution in [0.15, 0.2) is 43.0 Å². The molecule has 0 radical (unpaired) electrons. The van der Waals surface area contributed by atoms with E-state index in [1.165, 1.54) is 31.1 Å². The van der Waals surface area contributed by atoms with Gasteiger partial charge in [0.25, 0.3) is 0 Å². The van der Waals surface area contributed by atoms with Crippen LogP contribution < -0.4 is 15.3 Å². The molecular weight excluding hydrogens is 623 g/mol. The fraction of sp³-hybridized carbons (Fsp3) is 0.517. The topological polar surface area (TPSA) is 205 Å². The molecule has 0 amide bonds. The lowest BCUT2D eigenvalue weighted by atomic mass is 10.1. The highest BCUT2D eigenvalue weighted by Crippen LogP contribution is 2.48. The van der Waals surface area contributed by atoms with Crippen LogP contribution >= 0.6 is 7.75 Å². The number of anilines is 1. The van der Waals surface area contributed by atoms with Gasteiger partial charge < -0.3 is 29.2 Å². The van der Waals surface area contributed by atoms with Gasteiger partial charge in [-0.15, -0.1) is 0 Å². The standard InChI is InChI=1S/C29H39N6O10P/c1-7-20(36)41-24-23(43-28(25(24)42-21(37)8-2)35-15-33-22-26(30)31-14-32-27(22)35)18(6)44-46(39,45-19-12-10-9-11-13-19)34-17(5)29(38)40-16(3)4/h9-18,23-25,28H,7-8H2,1-6H3,(H,34,39)(H2,30,31,32)/t17-,18-,23+,24+,25+,28+,46?/m0/s1. The molecule has 1 aliphatic rings. The number of aromatic nitrogens is 4. The van der Waals surface area contributed by atoms with E-state index in [2.05, 4.69) is 20.0 Å². The molecule has 46 heavy (non-hydrogen) atoms. The number of hydrogen-bond donors (Lipinski definition) is 2. The van der Waals surface area contributed by atoms with Gasteiger partial charge in [-0.1, -0.05) is 32.0 Å². The quantitative estimate of drug-likeness (QED) is 0.144. The molecule has 0 saturated carbocycles. The zero-order valence-electron chi connectivity index (χ0n) is 26.4. The Morgan fingerprint density at radius 2 is 1.65 bits per heavy atom. The molecule has 0 spiro atoms. The summed E-state index contributed by atoms with van der Waals surface area (Å²) in [6.45, 7) is 9.54. The summed E-state index contributed by atoms with van der Waals surface area (Å²) in [6.07, 6.45) is -3.72. The average Bonchev–Trinajstić information content (AvgIpc) is 3.59. The highest BCUT2D eigenvalue weighted by atomic mass is 31.2. The van der Waals surface area contributed by atoms with Gasteiger partial charge in [0.15, 0.2) is 29.9 Å². The molecule has 1 unspecified atom stereocenters. The summed E-state index contributed by atoms with van der Waals surface area (Å²) in [4.78, 5) is 50.4. The minimum absolute atomic E-state index is 0.00196. The normalized spacial score (nSPS) is 22.2. The number of nitrogens with zero attached hydrogens (tertiary/aromatic N) is 4. The monoisotopic (exact) mass is 662 g/mol. The summed E-state index contributed by atoms with van der Waals surface area (Å²) in [7, 11) is -4.38. The van der Waals surface area contributed by atoms with Crippen molar-refractivity contribution < 1.29 is 46.9 Å². The molecule has 4 rings (SSSR count). The van der Waals surface area contributed by atoms with E-state index in [4.69, 9.17) is 33.7 Å². The second kappa shape index (κ2) is 15.0. The van der Waals surface area contributed by atoms with Crippen molar-refractivity contribution in [3.63, 3.8) is 0 Å². The van der Waals surface area contributed by atoms with Crippen LogP contribution in [0.3, 0.4) is 0 Å². The number of rotatable bonds is 14. The molecule has 2 aromatic heterocycles. The number of hydrogen-bond acceptors (Lipinski definition) is 14. The lowest BCUT2D eigenvalue weighted by Crippen LogP contribution is -2.44. The van der Waals surface area contributed by atoms with Gasteiger partial charge in [0.2, 0.25) is 0 Å². The van der Waals surface area contributed by atoms with Crippen LogP contribution in [0.1, 0.15) is 60.6 Å². The van der Waals surface area contributed by atoms with Crippen LogP contribution in [-0.2, 0) is 42.4 Å². The number of carbonyl (C=O) groups is 3. The van der Waals surface area contributed by atoms with Crippen molar-refractivity contribution in [2.45, 2.75) is 97.2 Å². The van der Waals surface area contributed by atoms with Crippen LogP contribution in [-0.4, -0.2) is 74.0 Å². The predicted octanol–water partition coefficient (Wildman–Crippen LogP) is 3.47. The zero-order valence-corrected chi connectivity index (χ0v) is 27.3. The first-order valence-electron chi connectivity index (χ1n) is 14.8. The molecule has 1 saturated heterocycles. The van der Waals surface area contributed by atoms with Crippen molar-refractivity contribution in [1.82, 2.24) is 24.6 Å². The van der Waals surface area contributed by atoms with Gasteiger partial charge >= 0.3 is 25.7 Å². The number of para-hydroxylation sites is 1. The minimum Gasteiger partial charge on any atom is -0.462 e. The first-order valence-corrected chi connectivity index (χ1v) is 16.4. The van der Waals surface area contributed by atoms with Gasteiger partial charge in [-0.3, -0.25) is 23.5 Å². The average molecular weight is 663 g/mol. The summed E-state index contributed by atoms with van der Waals surface area (Å²) in [5, 5.41) is 2.63. The third kappa shape index (κ3) is 8.18. The van der Waals surface area contributed by atoms with E-state index in [1.807, 2.05) is 0 Å². The lowest BCUT2D eigenvalue weighted by molar-refractivity contribution is -0.168. The van der Waals surface area contributed by atoms with Crippen LogP contribution in [0, 0.1) is 0 Å². The molecule has 7 atom stereocenters. The maximum atomic E-state index is 14.3. The van der Waals surface area contributed by atoms with Crippen LogP contribution in [0.2, 0.25) is 0 Å². The maximum Gasteiger partial charge on any atom is 0.459 e. The fourth-order valence-corrected chi connectivity index (χ4v) is 6.35. The summed E-state index contributed by atoms with van der Waals surface area (Å²) >= 11 is 0. The molecule has 1 fully saturated rings. The Kier molecular flexibility index (Phi) is 11.3. The highest BCUT2D eigenvalue weighted by molar-refractivity contribution is 7.52. The SMILES string of the molecule is CCC(=O)O[C@H]1[C@@H](OC(=O)CC)[C@H](n2cnc3c(N)ncnc32)O[C@@H]1[C@H](C)OP(=O)(N[C@@H](C)C(=O)OC(C)C)Oc1ccccc1. The summed E-state index contributed by atoms with van der Waals surface area (Å²) < 4.78 is 50.8. The van der Waals surface area contributed by atoms with Gasteiger partial charge in [-0.25, -0.2) is 19.5 Å². The number of fused-ring (bicyclic) bond motifs is 1. The lowest BCUT2D eigenvalue weighted by Gasteiger charge is -2.30. The van der Waals surface area contributed by atoms with E-state index in [0.29, 0.717) is 0 Å². The summed E-state index contributed by atoms with van der Waals surface area (Å²) in [5.41, 5.74) is 6.52. The molecule has 250 valence electrons. The highest BCUT2D eigenvalue weighted by Gasteiger charge is 2.54. The molecule has 17 heteroatoms. The smallest absolute Gasteiger partial charge is 0.459 e. The number of nitrogen functional groups attached to an aromatic ring is 1. The number of esters is 3. The number of ether oxygens (including phenoxy) is 4. The molecule has 3 N–H and O–H groups in total. The molecule has 3 aromatic rings. The predicted molar refractivity (Wildman–Crippen MR) is 163 cm³/mol. The first-order chi connectivity index (χ1) is 21.9. The van der Waals surface area contributed by atoms with Gasteiger partial charge in [0.1, 0.15) is 29.7 Å². The third-order valence-corrected chi connectivity index (χ3v) is 8.56. The number of nitrogens with two attached hydrogens (primary N) is 1. The Hall–Kier alpha value is -4.11. The van der Waals surface area contributed by atoms with Crippen LogP contribution in [0.4, 0.5) is 5.82 Å². The van der Waals surface area contributed by atoms with Gasteiger partial charge in [-0.2, -0.15) is 5.09 Å². The Morgan fingerprint density at radius 3 is 2.28 bits per heavy atom. The Morgan fingerprint density at radius 1 is 1.00 bits per heavy atom. The molecule has 0 bridgehead atoms. The number of nitrogens with one attached hydrogen (secondary N) is 1. The van der Waals surface area contributed by atoms with Gasteiger partial charge in [0, 0.05) is 12.8 Å². The van der Waals surface area contributed by atoms with Gasteiger partial charge in [0.05, 0.1) is 18.5 Å². The molecule has 0 aliphatic carbocycles. The second-order valence-electron chi connectivity index (χ2n) is 10.7. The van der Waals surface area contributed by atoms with E-state index in [1.54, 1.807) is 58.0 Å². The Bertz CT molecular complexity index is 1570. The van der Waals surface area contributed by atoms with Crippen molar-refractivity contribution in [2.24, 2.45) is 0 Å². The minimum atomic E-state index is -4.38. The molecule has 1 aliphatic heterocycles. The van der Waals surface area contributed by atoms with Crippen molar-refractivity contribution in [3.8, 4) is 5.75 Å². The fourth-order valence-electron chi connectivity index (χ4n) is 4.65. The largest absolute Gasteiger partial charge is 0.462 e. The van der Waals surface area contributed by atoms with Crippen molar-refractivity contribution in [1.29, 1.82) is 0 Å². The molecular formula is C29H39N6O10P. The molecule has 16 nitrogen and oxygen atoms in total. The van der Waals surface area contributed by atoms with E-state index in [0.717, 1.165) is 0 Å². The van der Waals surface area contributed by atoms with Crippen LogP contribution in [0.25, 0.3) is 11.2 Å². The van der Waals surface area contributed by atoms with Crippen molar-refractivity contribution in [3.05, 3.63) is 43.0 Å². The first kappa shape index (κ1) is 34.8. The van der Waals surface area contributed by atoms with E-state index in [-0.39, 0.29) is 35.6 Å². The van der Waals surface area contributed by atoms with E-state index in [9.17, 15) is 18.9 Å². The van der Waals surface area contributed by atoms with E-state index >= 15 is 0 Å². The summed E-state index contributed by atoms with van der Waals surface area (Å²) in [5.74, 6) is -1.60.